The van der Waals surface area contributed by atoms with E-state index in [2.05, 4.69) is 4.98 Å². The molecular weight excluding hydrogens is 170 g/mol. The van der Waals surface area contributed by atoms with Gasteiger partial charge >= 0.3 is 0 Å². The Hall–Kier alpha value is -0.410. The highest BCUT2D eigenvalue weighted by molar-refractivity contribution is 7.11. The summed E-state index contributed by atoms with van der Waals surface area (Å²) < 4.78 is 0. The van der Waals surface area contributed by atoms with Gasteiger partial charge in [0, 0.05) is 4.88 Å². The SMILES string of the molecule is Cc1nc(C(O)C(C)C)sc1C. The summed E-state index contributed by atoms with van der Waals surface area (Å²) in [6, 6.07) is 0. The Kier molecular flexibility index (Phi) is 2.85. The Balaban J connectivity index is 2.89. The normalized spacial score (nSPS) is 13.8. The largest absolute Gasteiger partial charge is 0.386 e. The Bertz CT molecular complexity index is 248. The van der Waals surface area contributed by atoms with Crippen molar-refractivity contribution in [1.29, 1.82) is 0 Å². The van der Waals surface area contributed by atoms with Crippen LogP contribution in [0.4, 0.5) is 0 Å². The van der Waals surface area contributed by atoms with Gasteiger partial charge in [-0.3, -0.25) is 0 Å². The number of hydrogen-bond donors (Lipinski definition) is 1. The fraction of sp³-hybridized carbons (Fsp3) is 0.667. The Labute approximate surface area is 77.3 Å². The van der Waals surface area contributed by atoms with E-state index in [9.17, 15) is 5.11 Å². The Morgan fingerprint density at radius 3 is 2.25 bits per heavy atom. The average Bonchev–Trinajstić information content (AvgIpc) is 2.30. The standard InChI is InChI=1S/C9H15NOS/c1-5(2)8(11)9-10-6(3)7(4)12-9/h5,8,11H,1-4H3. The molecule has 0 saturated carbocycles. The average molecular weight is 185 g/mol. The van der Waals surface area contributed by atoms with E-state index in [1.807, 2.05) is 27.7 Å². The first-order valence-corrected chi connectivity index (χ1v) is 4.96. The van der Waals surface area contributed by atoms with Crippen molar-refractivity contribution in [2.75, 3.05) is 0 Å². The lowest BCUT2D eigenvalue weighted by atomic mass is 10.1. The Morgan fingerprint density at radius 1 is 1.33 bits per heavy atom. The van der Waals surface area contributed by atoms with E-state index >= 15 is 0 Å². The summed E-state index contributed by atoms with van der Waals surface area (Å²) in [6.07, 6.45) is -0.401. The summed E-state index contributed by atoms with van der Waals surface area (Å²) in [5.74, 6) is 0.245. The molecule has 0 aliphatic carbocycles. The van der Waals surface area contributed by atoms with Gasteiger partial charge in [-0.15, -0.1) is 11.3 Å². The number of nitrogens with zero attached hydrogens (tertiary/aromatic N) is 1. The molecule has 12 heavy (non-hydrogen) atoms. The van der Waals surface area contributed by atoms with Crippen molar-refractivity contribution in [2.24, 2.45) is 5.92 Å². The molecular formula is C9H15NOS. The molecule has 1 rings (SSSR count). The molecule has 0 spiro atoms. The van der Waals surface area contributed by atoms with Gasteiger partial charge in [-0.2, -0.15) is 0 Å². The van der Waals surface area contributed by atoms with Gasteiger partial charge in [0.15, 0.2) is 0 Å². The highest BCUT2D eigenvalue weighted by Gasteiger charge is 2.16. The molecule has 1 atom stereocenters. The summed E-state index contributed by atoms with van der Waals surface area (Å²) in [7, 11) is 0. The summed E-state index contributed by atoms with van der Waals surface area (Å²) >= 11 is 1.59. The van der Waals surface area contributed by atoms with Crippen LogP contribution in [0.25, 0.3) is 0 Å². The third-order valence-electron chi connectivity index (χ3n) is 1.93. The van der Waals surface area contributed by atoms with Crippen molar-refractivity contribution in [3.63, 3.8) is 0 Å². The molecule has 68 valence electrons. The number of hydrogen-bond acceptors (Lipinski definition) is 3. The van der Waals surface area contributed by atoms with Gasteiger partial charge in [-0.1, -0.05) is 13.8 Å². The lowest BCUT2D eigenvalue weighted by Gasteiger charge is -2.10. The predicted molar refractivity (Wildman–Crippen MR) is 51.4 cm³/mol. The van der Waals surface area contributed by atoms with E-state index in [1.54, 1.807) is 11.3 Å². The highest BCUT2D eigenvalue weighted by atomic mass is 32.1. The van der Waals surface area contributed by atoms with Crippen LogP contribution in [0.1, 0.15) is 35.5 Å². The van der Waals surface area contributed by atoms with E-state index in [4.69, 9.17) is 0 Å². The van der Waals surface area contributed by atoms with E-state index in [0.717, 1.165) is 10.7 Å². The third kappa shape index (κ3) is 1.84. The first-order valence-electron chi connectivity index (χ1n) is 4.14. The van der Waals surface area contributed by atoms with Gasteiger partial charge in [-0.25, -0.2) is 4.98 Å². The topological polar surface area (TPSA) is 33.1 Å². The maximum absolute atomic E-state index is 9.68. The number of aliphatic hydroxyl groups is 1. The minimum Gasteiger partial charge on any atom is -0.386 e. The van der Waals surface area contributed by atoms with Crippen LogP contribution < -0.4 is 0 Å². The molecule has 1 aromatic rings. The monoisotopic (exact) mass is 185 g/mol. The molecule has 0 aliphatic rings. The smallest absolute Gasteiger partial charge is 0.122 e. The van der Waals surface area contributed by atoms with Crippen LogP contribution in [-0.4, -0.2) is 10.1 Å². The van der Waals surface area contributed by atoms with Crippen molar-refractivity contribution in [1.82, 2.24) is 4.98 Å². The van der Waals surface area contributed by atoms with Crippen LogP contribution in [0, 0.1) is 19.8 Å². The zero-order valence-electron chi connectivity index (χ0n) is 7.96. The maximum atomic E-state index is 9.68. The van der Waals surface area contributed by atoms with Gasteiger partial charge in [-0.05, 0) is 19.8 Å². The molecule has 3 heteroatoms. The van der Waals surface area contributed by atoms with Crippen LogP contribution >= 0.6 is 11.3 Å². The molecule has 0 saturated heterocycles. The second-order valence-corrected chi connectivity index (χ2v) is 4.62. The zero-order valence-corrected chi connectivity index (χ0v) is 8.77. The van der Waals surface area contributed by atoms with E-state index < -0.39 is 6.10 Å². The quantitative estimate of drug-likeness (QED) is 0.767. The molecule has 0 fully saturated rings. The fourth-order valence-corrected chi connectivity index (χ4v) is 1.99. The maximum Gasteiger partial charge on any atom is 0.122 e. The second-order valence-electron chi connectivity index (χ2n) is 3.38. The summed E-state index contributed by atoms with van der Waals surface area (Å²) in [5.41, 5.74) is 1.04. The highest BCUT2D eigenvalue weighted by Crippen LogP contribution is 2.27. The van der Waals surface area contributed by atoms with Gasteiger partial charge in [0.1, 0.15) is 11.1 Å². The molecule has 2 nitrogen and oxygen atoms in total. The van der Waals surface area contributed by atoms with Crippen molar-refractivity contribution >= 4 is 11.3 Å². The van der Waals surface area contributed by atoms with Crippen LogP contribution in [0.5, 0.6) is 0 Å². The van der Waals surface area contributed by atoms with Crippen LogP contribution in [0.3, 0.4) is 0 Å². The van der Waals surface area contributed by atoms with E-state index in [-0.39, 0.29) is 5.92 Å². The number of aryl methyl sites for hydroxylation is 2. The third-order valence-corrected chi connectivity index (χ3v) is 3.07. The lowest BCUT2D eigenvalue weighted by molar-refractivity contribution is 0.126. The first-order chi connectivity index (χ1) is 5.52. The van der Waals surface area contributed by atoms with Gasteiger partial charge < -0.3 is 5.11 Å². The molecule has 1 heterocycles. The fourth-order valence-electron chi connectivity index (χ4n) is 0.909. The van der Waals surface area contributed by atoms with E-state index in [0.29, 0.717) is 0 Å². The molecule has 0 bridgehead atoms. The molecule has 1 N–H and O–H groups in total. The lowest BCUT2D eigenvalue weighted by Crippen LogP contribution is -2.04. The Morgan fingerprint density at radius 2 is 1.92 bits per heavy atom. The van der Waals surface area contributed by atoms with Crippen molar-refractivity contribution in [3.8, 4) is 0 Å². The van der Waals surface area contributed by atoms with Crippen LogP contribution in [-0.2, 0) is 0 Å². The number of aliphatic hydroxyl groups excluding tert-OH is 1. The zero-order chi connectivity index (χ0) is 9.30. The summed E-state index contributed by atoms with van der Waals surface area (Å²) in [4.78, 5) is 5.50. The van der Waals surface area contributed by atoms with Crippen molar-refractivity contribution < 1.29 is 5.11 Å². The van der Waals surface area contributed by atoms with Gasteiger partial charge in [0.25, 0.3) is 0 Å². The molecule has 0 aromatic carbocycles. The van der Waals surface area contributed by atoms with Crippen molar-refractivity contribution in [3.05, 3.63) is 15.6 Å². The van der Waals surface area contributed by atoms with Gasteiger partial charge in [0.2, 0.25) is 0 Å². The molecule has 1 aromatic heterocycles. The second kappa shape index (κ2) is 3.54. The van der Waals surface area contributed by atoms with Crippen LogP contribution in [0.2, 0.25) is 0 Å². The predicted octanol–water partition coefficient (Wildman–Crippen LogP) is 2.45. The summed E-state index contributed by atoms with van der Waals surface area (Å²) in [6.45, 7) is 8.00. The molecule has 0 radical (unpaired) electrons. The van der Waals surface area contributed by atoms with E-state index in [1.165, 1.54) is 4.88 Å². The molecule has 0 aliphatic heterocycles. The van der Waals surface area contributed by atoms with Crippen molar-refractivity contribution in [2.45, 2.75) is 33.8 Å². The van der Waals surface area contributed by atoms with Crippen LogP contribution in [0.15, 0.2) is 0 Å². The molecule has 0 amide bonds. The minimum absolute atomic E-state index is 0.245. The summed E-state index contributed by atoms with van der Waals surface area (Å²) in [5, 5.41) is 10.5. The molecule has 1 unspecified atom stereocenters. The van der Waals surface area contributed by atoms with Gasteiger partial charge in [0.05, 0.1) is 5.69 Å². The number of thiazole rings is 1. The number of aromatic nitrogens is 1. The minimum atomic E-state index is -0.401. The number of rotatable bonds is 2. The first kappa shape index (κ1) is 9.68.